The highest BCUT2D eigenvalue weighted by atomic mass is 79.9. The second-order valence-electron chi connectivity index (χ2n) is 5.08. The lowest BCUT2D eigenvalue weighted by Crippen LogP contribution is -2.33. The quantitative estimate of drug-likeness (QED) is 0.653. The number of carboxylic acid groups (broad SMARTS) is 1. The fourth-order valence-corrected chi connectivity index (χ4v) is 5.21. The number of benzene rings is 1. The van der Waals surface area contributed by atoms with Gasteiger partial charge in [-0.05, 0) is 55.8 Å². The van der Waals surface area contributed by atoms with E-state index in [4.69, 9.17) is 0 Å². The van der Waals surface area contributed by atoms with Crippen LogP contribution in [-0.2, 0) is 17.6 Å². The maximum Gasteiger partial charge on any atom is 0.333 e. The molecule has 5 heteroatoms. The minimum Gasteiger partial charge on any atom is -0.478 e. The zero-order chi connectivity index (χ0) is 14.4. The maximum absolute atomic E-state index is 11.6. The number of aliphatic carboxylic acids is 1. The van der Waals surface area contributed by atoms with Gasteiger partial charge in [-0.2, -0.15) is 0 Å². The first-order chi connectivity index (χ1) is 9.50. The number of carboxylic acids is 1. The van der Waals surface area contributed by atoms with Gasteiger partial charge in [0.15, 0.2) is 0 Å². The van der Waals surface area contributed by atoms with E-state index in [9.17, 15) is 9.90 Å². The number of rotatable bonds is 1. The Bertz CT molecular complexity index is 661. The van der Waals surface area contributed by atoms with E-state index in [1.165, 1.54) is 11.1 Å². The van der Waals surface area contributed by atoms with Crippen LogP contribution >= 0.6 is 47.8 Å². The SMILES string of the molecule is O=C(O)C1=C(Br)C(Br)=C(Br)C2Cc3ccccc3CC12. The van der Waals surface area contributed by atoms with Crippen LogP contribution in [0.2, 0.25) is 0 Å². The standard InChI is InChI=1S/C15H11Br3O2/c16-12-10-6-8-4-2-1-3-7(8)5-9(10)11(15(19)20)13(17)14(12)18/h1-4,9-10H,5-6H2,(H,19,20). The molecule has 20 heavy (non-hydrogen) atoms. The van der Waals surface area contributed by atoms with Crippen molar-refractivity contribution in [1.29, 1.82) is 0 Å². The first-order valence-corrected chi connectivity index (χ1v) is 8.64. The van der Waals surface area contributed by atoms with Crippen LogP contribution in [0.25, 0.3) is 0 Å². The van der Waals surface area contributed by atoms with Gasteiger partial charge in [0.2, 0.25) is 0 Å². The molecule has 0 aliphatic heterocycles. The van der Waals surface area contributed by atoms with Gasteiger partial charge in [0.05, 0.1) is 5.57 Å². The van der Waals surface area contributed by atoms with Crippen molar-refractivity contribution in [3.05, 3.63) is 54.4 Å². The van der Waals surface area contributed by atoms with Crippen LogP contribution in [0.3, 0.4) is 0 Å². The molecule has 0 amide bonds. The number of carbonyl (C=O) groups is 1. The summed E-state index contributed by atoms with van der Waals surface area (Å²) in [6.07, 6.45) is 1.64. The molecule has 3 rings (SSSR count). The van der Waals surface area contributed by atoms with Crippen molar-refractivity contribution >= 4 is 53.8 Å². The molecule has 2 aliphatic carbocycles. The van der Waals surface area contributed by atoms with Gasteiger partial charge in [-0.3, -0.25) is 0 Å². The minimum atomic E-state index is -0.844. The summed E-state index contributed by atoms with van der Waals surface area (Å²) in [7, 11) is 0. The van der Waals surface area contributed by atoms with Gasteiger partial charge in [-0.15, -0.1) is 0 Å². The fourth-order valence-electron chi connectivity index (χ4n) is 3.08. The van der Waals surface area contributed by atoms with Gasteiger partial charge in [-0.1, -0.05) is 40.2 Å². The van der Waals surface area contributed by atoms with E-state index < -0.39 is 5.97 Å². The van der Waals surface area contributed by atoms with Gasteiger partial charge in [0, 0.05) is 25.3 Å². The van der Waals surface area contributed by atoms with Crippen molar-refractivity contribution in [2.45, 2.75) is 12.8 Å². The van der Waals surface area contributed by atoms with Crippen LogP contribution < -0.4 is 0 Å². The molecule has 0 radical (unpaired) electrons. The number of fused-ring (bicyclic) bond motifs is 2. The van der Waals surface area contributed by atoms with Crippen molar-refractivity contribution < 1.29 is 9.90 Å². The largest absolute Gasteiger partial charge is 0.478 e. The Balaban J connectivity index is 2.14. The van der Waals surface area contributed by atoms with Gasteiger partial charge in [-0.25, -0.2) is 4.79 Å². The summed E-state index contributed by atoms with van der Waals surface area (Å²) in [5.74, 6) is -0.651. The summed E-state index contributed by atoms with van der Waals surface area (Å²) in [4.78, 5) is 11.6. The summed E-state index contributed by atoms with van der Waals surface area (Å²) in [5, 5.41) is 9.55. The molecule has 2 aliphatic rings. The topological polar surface area (TPSA) is 37.3 Å². The molecule has 0 bridgehead atoms. The Morgan fingerprint density at radius 1 is 1.00 bits per heavy atom. The Morgan fingerprint density at radius 2 is 1.55 bits per heavy atom. The Kier molecular flexibility index (Phi) is 3.95. The van der Waals surface area contributed by atoms with Gasteiger partial charge in [0.1, 0.15) is 0 Å². The molecule has 0 saturated carbocycles. The summed E-state index contributed by atoms with van der Waals surface area (Å²) >= 11 is 10.6. The van der Waals surface area contributed by atoms with Gasteiger partial charge < -0.3 is 5.11 Å². The molecule has 104 valence electrons. The third-order valence-electron chi connectivity index (χ3n) is 4.05. The van der Waals surface area contributed by atoms with Gasteiger partial charge in [0.25, 0.3) is 0 Å². The Labute approximate surface area is 142 Å². The monoisotopic (exact) mass is 460 g/mol. The number of hydrogen-bond acceptors (Lipinski definition) is 1. The van der Waals surface area contributed by atoms with Crippen LogP contribution in [0.5, 0.6) is 0 Å². The lowest BCUT2D eigenvalue weighted by molar-refractivity contribution is -0.133. The zero-order valence-electron chi connectivity index (χ0n) is 10.4. The lowest BCUT2D eigenvalue weighted by Gasteiger charge is -2.37. The molecule has 0 spiro atoms. The first kappa shape index (κ1) is 14.5. The molecular formula is C15H11Br3O2. The third kappa shape index (κ3) is 2.24. The van der Waals surface area contributed by atoms with Crippen LogP contribution in [0.15, 0.2) is 43.3 Å². The van der Waals surface area contributed by atoms with Crippen LogP contribution in [-0.4, -0.2) is 11.1 Å². The summed E-state index contributed by atoms with van der Waals surface area (Å²) in [6, 6.07) is 8.29. The molecular weight excluding hydrogens is 452 g/mol. The van der Waals surface area contributed by atoms with E-state index in [1.54, 1.807) is 0 Å². The summed E-state index contributed by atoms with van der Waals surface area (Å²) < 4.78 is 2.52. The van der Waals surface area contributed by atoms with E-state index in [0.29, 0.717) is 10.1 Å². The highest BCUT2D eigenvalue weighted by molar-refractivity contribution is 9.16. The Hall–Kier alpha value is -0.390. The van der Waals surface area contributed by atoms with Crippen molar-refractivity contribution in [3.63, 3.8) is 0 Å². The van der Waals surface area contributed by atoms with E-state index in [0.717, 1.165) is 21.8 Å². The maximum atomic E-state index is 11.6. The van der Waals surface area contributed by atoms with Crippen molar-refractivity contribution in [1.82, 2.24) is 0 Å². The van der Waals surface area contributed by atoms with E-state index >= 15 is 0 Å². The third-order valence-corrected chi connectivity index (χ3v) is 7.75. The molecule has 0 fully saturated rings. The number of halogens is 3. The predicted molar refractivity (Wildman–Crippen MR) is 89.3 cm³/mol. The second kappa shape index (κ2) is 5.43. The van der Waals surface area contributed by atoms with Crippen LogP contribution in [0.4, 0.5) is 0 Å². The molecule has 0 saturated heterocycles. The molecule has 0 aromatic heterocycles. The number of allylic oxidation sites excluding steroid dienone is 3. The summed E-state index contributed by atoms with van der Waals surface area (Å²) in [6.45, 7) is 0. The Morgan fingerprint density at radius 3 is 2.10 bits per heavy atom. The van der Waals surface area contributed by atoms with Crippen molar-refractivity contribution in [2.75, 3.05) is 0 Å². The van der Waals surface area contributed by atoms with Crippen molar-refractivity contribution in [2.24, 2.45) is 11.8 Å². The van der Waals surface area contributed by atoms with Crippen LogP contribution in [0, 0.1) is 11.8 Å². The second-order valence-corrected chi connectivity index (χ2v) is 7.53. The van der Waals surface area contributed by atoms with Crippen LogP contribution in [0.1, 0.15) is 11.1 Å². The van der Waals surface area contributed by atoms with Crippen molar-refractivity contribution in [3.8, 4) is 0 Å². The van der Waals surface area contributed by atoms with Gasteiger partial charge >= 0.3 is 5.97 Å². The molecule has 2 unspecified atom stereocenters. The van der Waals surface area contributed by atoms with E-state index in [1.807, 2.05) is 12.1 Å². The molecule has 0 heterocycles. The normalized spacial score (nSPS) is 25.4. The highest BCUT2D eigenvalue weighted by Crippen LogP contribution is 2.50. The average Bonchev–Trinajstić information content (AvgIpc) is 2.43. The smallest absolute Gasteiger partial charge is 0.333 e. The predicted octanol–water partition coefficient (Wildman–Crippen LogP) is 4.77. The molecule has 1 N–H and O–H groups in total. The molecule has 1 aromatic carbocycles. The summed E-state index contributed by atoms with van der Waals surface area (Å²) in [5.41, 5.74) is 3.04. The molecule has 1 aromatic rings. The minimum absolute atomic E-state index is 0.00690. The fraction of sp³-hybridized carbons (Fsp3) is 0.267. The molecule has 2 nitrogen and oxygen atoms in total. The zero-order valence-corrected chi connectivity index (χ0v) is 15.1. The number of hydrogen-bond donors (Lipinski definition) is 1. The van der Waals surface area contributed by atoms with E-state index in [2.05, 4.69) is 59.9 Å². The lowest BCUT2D eigenvalue weighted by atomic mass is 9.70. The first-order valence-electron chi connectivity index (χ1n) is 6.26. The highest BCUT2D eigenvalue weighted by Gasteiger charge is 2.41. The average molecular weight is 463 g/mol. The molecule has 2 atom stereocenters. The van der Waals surface area contributed by atoms with E-state index in [-0.39, 0.29) is 11.8 Å².